The number of benzene rings is 1. The molecule has 3 aromatic rings. The molecule has 0 spiro atoms. The summed E-state index contributed by atoms with van der Waals surface area (Å²) < 4.78 is 44.6. The monoisotopic (exact) mass is 474 g/mol. The Bertz CT molecular complexity index is 1270. The largest absolute Gasteiger partial charge is 0.382 e. The molecule has 1 aliphatic rings. The van der Waals surface area contributed by atoms with Crippen molar-refractivity contribution in [1.29, 1.82) is 0 Å². The van der Waals surface area contributed by atoms with Gasteiger partial charge in [-0.05, 0) is 57.0 Å². The third-order valence-corrected chi connectivity index (χ3v) is 7.48. The number of nitrogens with zero attached hydrogens (tertiary/aromatic N) is 3. The maximum absolute atomic E-state index is 13.5. The first-order valence-electron chi connectivity index (χ1n) is 11.0. The van der Waals surface area contributed by atoms with Crippen molar-refractivity contribution in [3.05, 3.63) is 47.4 Å². The number of aryl methyl sites for hydroxylation is 1. The molecule has 176 valence electrons. The Morgan fingerprint density at radius 1 is 1.30 bits per heavy atom. The number of aromatic nitrogens is 3. The predicted octanol–water partition coefficient (Wildman–Crippen LogP) is 3.06. The molecule has 4 rings (SSSR count). The van der Waals surface area contributed by atoms with E-state index in [0.29, 0.717) is 66.1 Å². The number of sulfone groups is 1. The Morgan fingerprint density at radius 3 is 2.73 bits per heavy atom. The average molecular weight is 475 g/mol. The second-order valence-electron chi connectivity index (χ2n) is 8.15. The number of fused-ring (bicyclic) bond motifs is 1. The number of hydrogen-bond donors (Lipinski definition) is 1. The lowest BCUT2D eigenvalue weighted by Gasteiger charge is -2.12. The van der Waals surface area contributed by atoms with Gasteiger partial charge in [-0.15, -0.1) is 0 Å². The van der Waals surface area contributed by atoms with Crippen molar-refractivity contribution in [2.24, 2.45) is 0 Å². The molecule has 33 heavy (non-hydrogen) atoms. The van der Waals surface area contributed by atoms with Gasteiger partial charge in [0.2, 0.25) is 0 Å². The van der Waals surface area contributed by atoms with Crippen LogP contribution in [0.2, 0.25) is 0 Å². The maximum Gasteiger partial charge on any atom is 0.252 e. The van der Waals surface area contributed by atoms with Crippen molar-refractivity contribution >= 4 is 26.8 Å². The van der Waals surface area contributed by atoms with Gasteiger partial charge in [0, 0.05) is 25.3 Å². The minimum atomic E-state index is -3.14. The number of pyridine rings is 1. The van der Waals surface area contributed by atoms with E-state index in [0.717, 1.165) is 0 Å². The lowest BCUT2D eigenvalue weighted by atomic mass is 10.0. The summed E-state index contributed by atoms with van der Waals surface area (Å²) in [5.41, 5.74) is 2.60. The molecule has 1 saturated heterocycles. The molecular weight excluding hydrogens is 447 g/mol. The summed E-state index contributed by atoms with van der Waals surface area (Å²) in [4.78, 5) is 17.9. The van der Waals surface area contributed by atoms with Gasteiger partial charge in [-0.1, -0.05) is 0 Å². The molecule has 0 aliphatic carbocycles. The molecule has 0 radical (unpaired) electrons. The third-order valence-electron chi connectivity index (χ3n) is 5.73. The van der Waals surface area contributed by atoms with E-state index in [1.54, 1.807) is 29.8 Å². The highest BCUT2D eigenvalue weighted by molar-refractivity contribution is 7.91. The summed E-state index contributed by atoms with van der Waals surface area (Å²) in [6.45, 7) is 5.32. The van der Waals surface area contributed by atoms with Crippen molar-refractivity contribution in [1.82, 2.24) is 20.1 Å². The van der Waals surface area contributed by atoms with Crippen molar-refractivity contribution in [3.8, 4) is 11.3 Å². The molecule has 3 heterocycles. The first-order valence-corrected chi connectivity index (χ1v) is 12.8. The van der Waals surface area contributed by atoms with Crippen LogP contribution in [0, 0.1) is 12.7 Å². The van der Waals surface area contributed by atoms with Crippen LogP contribution in [-0.4, -0.2) is 60.4 Å². The van der Waals surface area contributed by atoms with Crippen LogP contribution in [0.4, 0.5) is 4.39 Å². The highest BCUT2D eigenvalue weighted by Crippen LogP contribution is 2.32. The molecule has 10 heteroatoms. The number of amides is 1. The lowest BCUT2D eigenvalue weighted by molar-refractivity contribution is 0.0945. The number of halogens is 1. The second-order valence-corrected chi connectivity index (χ2v) is 10.4. The fourth-order valence-corrected chi connectivity index (χ4v) is 5.79. The molecule has 1 amide bonds. The number of hydrogen-bond acceptors (Lipinski definition) is 6. The number of carbonyl (C=O) groups excluding carboxylic acids is 1. The number of rotatable bonds is 8. The highest BCUT2D eigenvalue weighted by Gasteiger charge is 2.32. The predicted molar refractivity (Wildman–Crippen MR) is 123 cm³/mol. The molecule has 1 aliphatic heterocycles. The highest BCUT2D eigenvalue weighted by atomic mass is 32.2. The molecule has 2 aromatic heterocycles. The summed E-state index contributed by atoms with van der Waals surface area (Å²) in [5, 5.41) is 8.09. The van der Waals surface area contributed by atoms with E-state index in [4.69, 9.17) is 9.72 Å². The molecule has 0 saturated carbocycles. The Balaban J connectivity index is 1.78. The van der Waals surface area contributed by atoms with E-state index in [2.05, 4.69) is 10.4 Å². The fourth-order valence-electron chi connectivity index (χ4n) is 4.10. The number of nitrogens with one attached hydrogen (secondary N) is 1. The first-order chi connectivity index (χ1) is 15.8. The van der Waals surface area contributed by atoms with Gasteiger partial charge in [0.1, 0.15) is 5.82 Å². The Kier molecular flexibility index (Phi) is 6.76. The van der Waals surface area contributed by atoms with Gasteiger partial charge in [-0.2, -0.15) is 5.10 Å². The molecule has 8 nitrogen and oxygen atoms in total. The zero-order chi connectivity index (χ0) is 23.6. The summed E-state index contributed by atoms with van der Waals surface area (Å²) >= 11 is 0. The Labute approximate surface area is 192 Å². The van der Waals surface area contributed by atoms with E-state index in [9.17, 15) is 17.6 Å². The van der Waals surface area contributed by atoms with E-state index in [1.165, 1.54) is 12.1 Å². The van der Waals surface area contributed by atoms with Crippen LogP contribution in [-0.2, 0) is 14.6 Å². The number of carbonyl (C=O) groups is 1. The van der Waals surface area contributed by atoms with Crippen LogP contribution in [0.25, 0.3) is 22.3 Å². The first kappa shape index (κ1) is 23.3. The van der Waals surface area contributed by atoms with Gasteiger partial charge in [0.15, 0.2) is 15.5 Å². The summed E-state index contributed by atoms with van der Waals surface area (Å²) in [5.74, 6) is -0.554. The zero-order valence-electron chi connectivity index (χ0n) is 18.7. The van der Waals surface area contributed by atoms with Gasteiger partial charge in [0.05, 0.1) is 39.9 Å². The average Bonchev–Trinajstić information content (AvgIpc) is 3.32. The van der Waals surface area contributed by atoms with E-state index in [1.807, 2.05) is 6.92 Å². The lowest BCUT2D eigenvalue weighted by Crippen LogP contribution is -2.25. The van der Waals surface area contributed by atoms with Crippen LogP contribution >= 0.6 is 0 Å². The van der Waals surface area contributed by atoms with Gasteiger partial charge in [0.25, 0.3) is 5.91 Å². The second kappa shape index (κ2) is 9.56. The standard InChI is InChI=1S/C23H27FN4O4S/c1-3-32-11-4-10-25-23(29)19-13-20(16-5-7-17(24)8-6-16)26-22-21(19)15(2)27-28(22)18-9-12-33(30,31)14-18/h5-8,13,18H,3-4,9-12,14H2,1-2H3,(H,25,29). The van der Waals surface area contributed by atoms with Crippen LogP contribution in [0.15, 0.2) is 30.3 Å². The molecule has 1 fully saturated rings. The van der Waals surface area contributed by atoms with Gasteiger partial charge in [-0.25, -0.2) is 22.5 Å². The van der Waals surface area contributed by atoms with E-state index >= 15 is 0 Å². The third kappa shape index (κ3) is 5.06. The minimum Gasteiger partial charge on any atom is -0.382 e. The zero-order valence-corrected chi connectivity index (χ0v) is 19.5. The fraction of sp³-hybridized carbons (Fsp3) is 0.435. The molecule has 1 unspecified atom stereocenters. The quantitative estimate of drug-likeness (QED) is 0.504. The van der Waals surface area contributed by atoms with Crippen LogP contribution in [0.1, 0.15) is 41.9 Å². The van der Waals surface area contributed by atoms with Crippen molar-refractivity contribution in [2.75, 3.05) is 31.3 Å². The molecular formula is C23H27FN4O4S. The summed E-state index contributed by atoms with van der Waals surface area (Å²) in [7, 11) is -3.14. The van der Waals surface area contributed by atoms with Gasteiger partial charge >= 0.3 is 0 Å². The van der Waals surface area contributed by atoms with Crippen LogP contribution in [0.5, 0.6) is 0 Å². The summed E-state index contributed by atoms with van der Waals surface area (Å²) in [6.07, 6.45) is 1.12. The molecule has 1 atom stereocenters. The molecule has 0 bridgehead atoms. The smallest absolute Gasteiger partial charge is 0.252 e. The van der Waals surface area contributed by atoms with Crippen molar-refractivity contribution in [3.63, 3.8) is 0 Å². The topological polar surface area (TPSA) is 103 Å². The van der Waals surface area contributed by atoms with Crippen molar-refractivity contribution in [2.45, 2.75) is 32.7 Å². The number of ether oxygens (including phenoxy) is 1. The van der Waals surface area contributed by atoms with Gasteiger partial charge in [-0.3, -0.25) is 4.79 Å². The van der Waals surface area contributed by atoms with Crippen LogP contribution < -0.4 is 5.32 Å². The maximum atomic E-state index is 13.5. The summed E-state index contributed by atoms with van der Waals surface area (Å²) in [6, 6.07) is 7.20. The normalized spacial score (nSPS) is 17.5. The van der Waals surface area contributed by atoms with Gasteiger partial charge < -0.3 is 10.1 Å². The molecule has 1 aromatic carbocycles. The minimum absolute atomic E-state index is 0.00929. The Morgan fingerprint density at radius 2 is 2.06 bits per heavy atom. The molecule has 1 N–H and O–H groups in total. The van der Waals surface area contributed by atoms with Crippen LogP contribution in [0.3, 0.4) is 0 Å². The Hall–Kier alpha value is -2.85. The van der Waals surface area contributed by atoms with E-state index in [-0.39, 0.29) is 29.3 Å². The van der Waals surface area contributed by atoms with E-state index < -0.39 is 9.84 Å². The SMILES string of the molecule is CCOCCCNC(=O)c1cc(-c2ccc(F)cc2)nc2c1c(C)nn2C1CCS(=O)(=O)C1. The van der Waals surface area contributed by atoms with Crippen molar-refractivity contribution < 1.29 is 22.3 Å².